The van der Waals surface area contributed by atoms with E-state index < -0.39 is 0 Å². The van der Waals surface area contributed by atoms with Crippen LogP contribution in [0, 0.1) is 0 Å². The third-order valence-corrected chi connectivity index (χ3v) is 5.14. The molecule has 1 amide bonds. The molecule has 152 valence electrons. The first-order valence-corrected chi connectivity index (χ1v) is 10.7. The van der Waals surface area contributed by atoms with Gasteiger partial charge in [-0.05, 0) is 108 Å². The number of benzene rings is 1. The highest BCUT2D eigenvalue weighted by atomic mass is 79.9. The molecule has 6 nitrogen and oxygen atoms in total. The normalized spacial score (nSPS) is 11.3. The minimum atomic E-state index is -0.103. The van der Waals surface area contributed by atoms with E-state index in [9.17, 15) is 4.79 Å². The summed E-state index contributed by atoms with van der Waals surface area (Å²) in [7, 11) is 1.61. The Hall–Kier alpha value is -0.930. The second-order valence-electron chi connectivity index (χ2n) is 6.12. The molecule has 27 heavy (non-hydrogen) atoms. The average molecular weight is 506 g/mol. The Labute approximate surface area is 178 Å². The van der Waals surface area contributed by atoms with Crippen molar-refractivity contribution in [2.24, 2.45) is 11.5 Å². The van der Waals surface area contributed by atoms with Crippen LogP contribution in [0.25, 0.3) is 6.08 Å². The lowest BCUT2D eigenvalue weighted by Gasteiger charge is -2.21. The smallest absolute Gasteiger partial charge is 0.243 e. The number of halogens is 2. The number of hydrogen-bond donors (Lipinski definition) is 3. The number of nitrogens with zero attached hydrogens (tertiary/aromatic N) is 1. The van der Waals surface area contributed by atoms with Gasteiger partial charge in [0.25, 0.3) is 0 Å². The van der Waals surface area contributed by atoms with Crippen molar-refractivity contribution in [3.05, 3.63) is 32.7 Å². The summed E-state index contributed by atoms with van der Waals surface area (Å²) in [6.45, 7) is 4.91. The molecule has 0 aromatic heterocycles. The summed E-state index contributed by atoms with van der Waals surface area (Å²) in [4.78, 5) is 14.4. The van der Waals surface area contributed by atoms with Crippen molar-refractivity contribution in [1.82, 2.24) is 10.2 Å². The largest absolute Gasteiger partial charge is 0.494 e. The molecule has 8 heteroatoms. The molecule has 0 fully saturated rings. The fourth-order valence-corrected chi connectivity index (χ4v) is 4.13. The van der Waals surface area contributed by atoms with E-state index in [2.05, 4.69) is 42.1 Å². The summed E-state index contributed by atoms with van der Waals surface area (Å²) in [5, 5.41) is 2.92. The number of hydrogen-bond acceptors (Lipinski definition) is 5. The van der Waals surface area contributed by atoms with Gasteiger partial charge < -0.3 is 26.4 Å². The van der Waals surface area contributed by atoms with E-state index in [4.69, 9.17) is 16.2 Å². The maximum atomic E-state index is 12.0. The maximum absolute atomic E-state index is 12.0. The molecule has 0 heterocycles. The van der Waals surface area contributed by atoms with Crippen LogP contribution in [0.2, 0.25) is 0 Å². The van der Waals surface area contributed by atoms with Gasteiger partial charge in [0.05, 0.1) is 16.1 Å². The molecular formula is C19H30Br2N4O2. The fourth-order valence-electron chi connectivity index (χ4n) is 2.58. The minimum Gasteiger partial charge on any atom is -0.494 e. The van der Waals surface area contributed by atoms with Crippen molar-refractivity contribution in [3.63, 3.8) is 0 Å². The number of methoxy groups -OCH3 is 1. The molecule has 1 aromatic carbocycles. The molecule has 0 saturated heterocycles. The molecule has 1 rings (SSSR count). The van der Waals surface area contributed by atoms with Crippen LogP contribution in [0.15, 0.2) is 27.2 Å². The summed E-state index contributed by atoms with van der Waals surface area (Å²) >= 11 is 6.91. The molecule has 5 N–H and O–H groups in total. The van der Waals surface area contributed by atoms with Crippen LogP contribution < -0.4 is 21.5 Å². The summed E-state index contributed by atoms with van der Waals surface area (Å²) in [5.74, 6) is 0.624. The second kappa shape index (κ2) is 14.1. The van der Waals surface area contributed by atoms with Crippen LogP contribution in [0.4, 0.5) is 0 Å². The molecule has 0 aliphatic rings. The predicted molar refractivity (Wildman–Crippen MR) is 119 cm³/mol. The van der Waals surface area contributed by atoms with E-state index in [0.717, 1.165) is 59.2 Å². The molecule has 0 spiro atoms. The monoisotopic (exact) mass is 504 g/mol. The van der Waals surface area contributed by atoms with Crippen molar-refractivity contribution >= 4 is 43.8 Å². The van der Waals surface area contributed by atoms with Gasteiger partial charge in [-0.3, -0.25) is 4.79 Å². The van der Waals surface area contributed by atoms with E-state index in [1.165, 1.54) is 0 Å². The van der Waals surface area contributed by atoms with Gasteiger partial charge in [-0.1, -0.05) is 0 Å². The summed E-state index contributed by atoms with van der Waals surface area (Å²) < 4.78 is 6.93. The van der Waals surface area contributed by atoms with Crippen LogP contribution >= 0.6 is 31.9 Å². The zero-order valence-electron chi connectivity index (χ0n) is 15.8. The third kappa shape index (κ3) is 9.71. The van der Waals surface area contributed by atoms with Crippen molar-refractivity contribution < 1.29 is 9.53 Å². The predicted octanol–water partition coefficient (Wildman–Crippen LogP) is 2.74. The lowest BCUT2D eigenvalue weighted by Crippen LogP contribution is -2.32. The topological polar surface area (TPSA) is 93.6 Å². The van der Waals surface area contributed by atoms with Gasteiger partial charge in [0.2, 0.25) is 5.91 Å². The van der Waals surface area contributed by atoms with E-state index in [0.29, 0.717) is 19.6 Å². The van der Waals surface area contributed by atoms with Gasteiger partial charge >= 0.3 is 0 Å². The molecule has 0 aliphatic carbocycles. The molecule has 0 aliphatic heterocycles. The zero-order valence-corrected chi connectivity index (χ0v) is 19.0. The molecular weight excluding hydrogens is 476 g/mol. The lowest BCUT2D eigenvalue weighted by molar-refractivity contribution is -0.116. The first-order chi connectivity index (χ1) is 13.0. The second-order valence-corrected chi connectivity index (χ2v) is 7.83. The molecule has 0 unspecified atom stereocenters. The Bertz CT molecular complexity index is 580. The third-order valence-electron chi connectivity index (χ3n) is 3.96. The van der Waals surface area contributed by atoms with E-state index in [1.54, 1.807) is 19.3 Å². The minimum absolute atomic E-state index is 0.103. The van der Waals surface area contributed by atoms with Gasteiger partial charge in [0, 0.05) is 12.6 Å². The summed E-state index contributed by atoms with van der Waals surface area (Å²) in [6, 6.07) is 3.81. The van der Waals surface area contributed by atoms with Gasteiger partial charge in [-0.25, -0.2) is 0 Å². The Morgan fingerprint density at radius 1 is 1.11 bits per heavy atom. The van der Waals surface area contributed by atoms with Crippen LogP contribution in [0.1, 0.15) is 24.8 Å². The highest BCUT2D eigenvalue weighted by Crippen LogP contribution is 2.34. The van der Waals surface area contributed by atoms with Crippen molar-refractivity contribution in [2.75, 3.05) is 46.4 Å². The Balaban J connectivity index is 2.40. The molecule has 0 saturated carbocycles. The summed E-state index contributed by atoms with van der Waals surface area (Å²) in [6.07, 6.45) is 6.17. The van der Waals surface area contributed by atoms with Crippen LogP contribution in [-0.2, 0) is 4.79 Å². The number of carbonyl (C=O) groups is 1. The van der Waals surface area contributed by atoms with Gasteiger partial charge in [0.1, 0.15) is 5.75 Å². The zero-order chi connectivity index (χ0) is 20.1. The SMILES string of the molecule is COc1c(Br)cc(/C=C/C(=O)NCCCN(CCCN)CCCN)cc1Br. The van der Waals surface area contributed by atoms with Gasteiger partial charge in [-0.2, -0.15) is 0 Å². The number of amides is 1. The first kappa shape index (κ1) is 24.1. The van der Waals surface area contributed by atoms with Gasteiger partial charge in [-0.15, -0.1) is 0 Å². The fraction of sp³-hybridized carbons (Fsp3) is 0.526. The average Bonchev–Trinajstić information content (AvgIpc) is 2.64. The van der Waals surface area contributed by atoms with Crippen molar-refractivity contribution in [2.45, 2.75) is 19.3 Å². The quantitative estimate of drug-likeness (QED) is 0.283. The van der Waals surface area contributed by atoms with E-state index in [1.807, 2.05) is 12.1 Å². The van der Waals surface area contributed by atoms with Crippen molar-refractivity contribution in [3.8, 4) is 5.75 Å². The van der Waals surface area contributed by atoms with Crippen LogP contribution in [-0.4, -0.2) is 57.2 Å². The Kier molecular flexibility index (Phi) is 12.6. The van der Waals surface area contributed by atoms with E-state index >= 15 is 0 Å². The highest BCUT2D eigenvalue weighted by Gasteiger charge is 2.07. The number of ether oxygens (including phenoxy) is 1. The standard InChI is InChI=1S/C19H30Br2N4O2/c1-27-19-16(20)13-15(14-17(19)21)5-6-18(26)24-9-4-12-25(10-2-7-22)11-3-8-23/h5-6,13-14H,2-4,7-12,22-23H2,1H3,(H,24,26)/b6-5+. The number of carbonyl (C=O) groups excluding carboxylic acids is 1. The lowest BCUT2D eigenvalue weighted by atomic mass is 10.2. The number of nitrogens with two attached hydrogens (primary N) is 2. The highest BCUT2D eigenvalue weighted by molar-refractivity contribution is 9.11. The Morgan fingerprint density at radius 2 is 1.67 bits per heavy atom. The van der Waals surface area contributed by atoms with Crippen LogP contribution in [0.5, 0.6) is 5.75 Å². The number of rotatable bonds is 13. The maximum Gasteiger partial charge on any atom is 0.243 e. The summed E-state index contributed by atoms with van der Waals surface area (Å²) in [5.41, 5.74) is 12.1. The molecule has 1 aromatic rings. The van der Waals surface area contributed by atoms with Crippen LogP contribution in [0.3, 0.4) is 0 Å². The molecule has 0 bridgehead atoms. The van der Waals surface area contributed by atoms with E-state index in [-0.39, 0.29) is 5.91 Å². The molecule has 0 atom stereocenters. The van der Waals surface area contributed by atoms with Gasteiger partial charge in [0.15, 0.2) is 0 Å². The first-order valence-electron chi connectivity index (χ1n) is 9.13. The van der Waals surface area contributed by atoms with Crippen molar-refractivity contribution in [1.29, 1.82) is 0 Å². The Morgan fingerprint density at radius 3 is 2.19 bits per heavy atom. The number of nitrogens with one attached hydrogen (secondary N) is 1. The molecule has 0 radical (unpaired) electrons.